The number of aromatic amines is 1. The monoisotopic (exact) mass is 458 g/mol. The smallest absolute Gasteiger partial charge is 0.475 e. The van der Waals surface area contributed by atoms with Crippen molar-refractivity contribution in [3.8, 4) is 11.3 Å². The molecule has 1 aromatic heterocycles. The van der Waals surface area contributed by atoms with Crippen molar-refractivity contribution in [1.82, 2.24) is 20.8 Å². The molecule has 0 unspecified atom stereocenters. The maximum absolute atomic E-state index is 13.0. The van der Waals surface area contributed by atoms with Crippen LogP contribution in [0.15, 0.2) is 30.3 Å². The molecule has 4 N–H and O–H groups in total. The number of carbonyl (C=O) groups is 2. The minimum atomic E-state index is -5.08. The molecule has 0 spiro atoms. The van der Waals surface area contributed by atoms with Crippen LogP contribution in [0.5, 0.6) is 0 Å². The summed E-state index contributed by atoms with van der Waals surface area (Å²) in [5.74, 6) is -3.22. The van der Waals surface area contributed by atoms with E-state index in [1.165, 1.54) is 12.1 Å². The van der Waals surface area contributed by atoms with Crippen molar-refractivity contribution in [2.45, 2.75) is 63.8 Å². The molecule has 0 bridgehead atoms. The fraction of sp³-hybridized carbons (Fsp3) is 0.476. The standard InChI is InChI=1S/C19H25FN4O.C2HF3O2/c1-18(2)10-14(11-19(3,4)24-18)21-17(25)16-9-15(22-23-16)12-5-7-13(20)8-6-12;3-2(4,5)1(6)7/h5-9,14,24H,10-11H2,1-4H3,(H,21,25)(H,22,23);(H,6,7). The van der Waals surface area contributed by atoms with Crippen molar-refractivity contribution in [1.29, 1.82) is 0 Å². The van der Waals surface area contributed by atoms with E-state index in [2.05, 4.69) is 48.5 Å². The highest BCUT2D eigenvalue weighted by Gasteiger charge is 2.39. The average Bonchev–Trinajstić information content (AvgIpc) is 3.09. The van der Waals surface area contributed by atoms with Gasteiger partial charge in [0.15, 0.2) is 0 Å². The fourth-order valence-electron chi connectivity index (χ4n) is 3.89. The highest BCUT2D eigenvalue weighted by molar-refractivity contribution is 5.93. The Labute approximate surface area is 182 Å². The van der Waals surface area contributed by atoms with Gasteiger partial charge in [-0.3, -0.25) is 9.89 Å². The Balaban J connectivity index is 0.000000451. The van der Waals surface area contributed by atoms with Gasteiger partial charge in [0.1, 0.15) is 11.5 Å². The van der Waals surface area contributed by atoms with Crippen molar-refractivity contribution in [2.24, 2.45) is 0 Å². The number of halogens is 4. The highest BCUT2D eigenvalue weighted by Crippen LogP contribution is 2.28. The summed E-state index contributed by atoms with van der Waals surface area (Å²) in [4.78, 5) is 21.5. The number of H-pyrrole nitrogens is 1. The molecule has 0 radical (unpaired) electrons. The van der Waals surface area contributed by atoms with Crippen LogP contribution in [0.3, 0.4) is 0 Å². The number of amides is 1. The molecular formula is C21H26F4N4O3. The van der Waals surface area contributed by atoms with Gasteiger partial charge in [0.05, 0.1) is 5.69 Å². The zero-order chi connectivity index (χ0) is 24.3. The van der Waals surface area contributed by atoms with Crippen LogP contribution in [-0.4, -0.2) is 50.5 Å². The third-order valence-corrected chi connectivity index (χ3v) is 4.73. The molecule has 1 aliphatic rings. The third-order valence-electron chi connectivity index (χ3n) is 4.73. The molecule has 32 heavy (non-hydrogen) atoms. The molecule has 176 valence electrons. The third kappa shape index (κ3) is 7.33. The van der Waals surface area contributed by atoms with E-state index in [0.29, 0.717) is 11.4 Å². The van der Waals surface area contributed by atoms with Gasteiger partial charge in [0, 0.05) is 22.7 Å². The van der Waals surface area contributed by atoms with Crippen molar-refractivity contribution < 1.29 is 32.3 Å². The Hall–Kier alpha value is -2.95. The second kappa shape index (κ2) is 9.27. The lowest BCUT2D eigenvalue weighted by molar-refractivity contribution is -0.192. The van der Waals surface area contributed by atoms with Crippen LogP contribution in [0.2, 0.25) is 0 Å². The van der Waals surface area contributed by atoms with Gasteiger partial charge in [-0.1, -0.05) is 0 Å². The Bertz CT molecular complexity index is 937. The van der Waals surface area contributed by atoms with Gasteiger partial charge in [-0.15, -0.1) is 0 Å². The lowest BCUT2D eigenvalue weighted by Crippen LogP contribution is -2.62. The maximum atomic E-state index is 13.0. The first-order chi connectivity index (χ1) is 14.6. The van der Waals surface area contributed by atoms with Crippen LogP contribution in [-0.2, 0) is 4.79 Å². The van der Waals surface area contributed by atoms with E-state index in [1.807, 2.05) is 0 Å². The Morgan fingerprint density at radius 1 is 1.09 bits per heavy atom. The topological polar surface area (TPSA) is 107 Å². The molecule has 1 aliphatic heterocycles. The van der Waals surface area contributed by atoms with Crippen LogP contribution in [0.25, 0.3) is 11.3 Å². The SMILES string of the molecule is CC1(C)CC(NC(=O)c2cc(-c3ccc(F)cc3)n[nH]2)CC(C)(C)N1.O=C(O)C(F)(F)F. The molecule has 0 atom stereocenters. The fourth-order valence-corrected chi connectivity index (χ4v) is 3.89. The Morgan fingerprint density at radius 3 is 2.06 bits per heavy atom. The normalized spacial score (nSPS) is 17.8. The number of hydrogen-bond donors (Lipinski definition) is 4. The van der Waals surface area contributed by atoms with Gasteiger partial charge in [-0.05, 0) is 70.9 Å². The Kier molecular flexibility index (Phi) is 7.33. The summed E-state index contributed by atoms with van der Waals surface area (Å²) in [5, 5.41) is 20.8. The summed E-state index contributed by atoms with van der Waals surface area (Å²) in [7, 11) is 0. The van der Waals surface area contributed by atoms with E-state index in [9.17, 15) is 22.4 Å². The van der Waals surface area contributed by atoms with E-state index < -0.39 is 12.1 Å². The molecule has 1 aromatic carbocycles. The molecule has 1 fully saturated rings. The number of aliphatic carboxylic acids is 1. The van der Waals surface area contributed by atoms with Crippen molar-refractivity contribution in [3.05, 3.63) is 41.8 Å². The zero-order valence-electron chi connectivity index (χ0n) is 18.1. The van der Waals surface area contributed by atoms with Crippen LogP contribution in [0.4, 0.5) is 17.6 Å². The number of nitrogens with zero attached hydrogens (tertiary/aromatic N) is 1. The molecule has 2 heterocycles. The molecule has 1 amide bonds. The first-order valence-corrected chi connectivity index (χ1v) is 9.80. The lowest BCUT2D eigenvalue weighted by atomic mass is 9.79. The van der Waals surface area contributed by atoms with E-state index in [1.54, 1.807) is 18.2 Å². The zero-order valence-corrected chi connectivity index (χ0v) is 18.1. The highest BCUT2D eigenvalue weighted by atomic mass is 19.4. The number of hydrogen-bond acceptors (Lipinski definition) is 4. The molecule has 0 saturated carbocycles. The summed E-state index contributed by atoms with van der Waals surface area (Å²) < 4.78 is 44.8. The van der Waals surface area contributed by atoms with E-state index in [-0.39, 0.29) is 28.8 Å². The number of aromatic nitrogens is 2. The summed E-state index contributed by atoms with van der Waals surface area (Å²) in [6.07, 6.45) is -3.36. The number of carboxylic acids is 1. The minimum Gasteiger partial charge on any atom is -0.475 e. The molecule has 11 heteroatoms. The minimum absolute atomic E-state index is 0.0348. The summed E-state index contributed by atoms with van der Waals surface area (Å²) in [6, 6.07) is 7.83. The van der Waals surface area contributed by atoms with E-state index in [4.69, 9.17) is 9.90 Å². The van der Waals surface area contributed by atoms with Crippen molar-refractivity contribution >= 4 is 11.9 Å². The average molecular weight is 458 g/mol. The number of nitrogens with one attached hydrogen (secondary N) is 3. The van der Waals surface area contributed by atoms with Gasteiger partial charge >= 0.3 is 12.1 Å². The lowest BCUT2D eigenvalue weighted by Gasteiger charge is -2.46. The van der Waals surface area contributed by atoms with E-state index in [0.717, 1.165) is 18.4 Å². The van der Waals surface area contributed by atoms with Crippen LogP contribution in [0, 0.1) is 5.82 Å². The number of carbonyl (C=O) groups excluding carboxylic acids is 1. The summed E-state index contributed by atoms with van der Waals surface area (Å²) >= 11 is 0. The number of alkyl halides is 3. The summed E-state index contributed by atoms with van der Waals surface area (Å²) in [5.41, 5.74) is 1.73. The quantitative estimate of drug-likeness (QED) is 0.522. The van der Waals surface area contributed by atoms with Crippen LogP contribution < -0.4 is 10.6 Å². The number of piperidine rings is 1. The number of carboxylic acid groups (broad SMARTS) is 1. The van der Waals surface area contributed by atoms with E-state index >= 15 is 0 Å². The van der Waals surface area contributed by atoms with Crippen molar-refractivity contribution in [2.75, 3.05) is 0 Å². The summed E-state index contributed by atoms with van der Waals surface area (Å²) in [6.45, 7) is 8.59. The second-order valence-electron chi connectivity index (χ2n) is 8.95. The van der Waals surface area contributed by atoms with Gasteiger partial charge in [-0.25, -0.2) is 9.18 Å². The molecular weight excluding hydrogens is 432 g/mol. The van der Waals surface area contributed by atoms with Gasteiger partial charge < -0.3 is 15.7 Å². The first kappa shape index (κ1) is 25.3. The number of benzene rings is 1. The predicted molar refractivity (Wildman–Crippen MR) is 109 cm³/mol. The van der Waals surface area contributed by atoms with Crippen LogP contribution >= 0.6 is 0 Å². The van der Waals surface area contributed by atoms with Gasteiger partial charge in [0.2, 0.25) is 0 Å². The predicted octanol–water partition coefficient (Wildman–Crippen LogP) is 3.89. The number of rotatable bonds is 3. The molecule has 0 aliphatic carbocycles. The largest absolute Gasteiger partial charge is 0.490 e. The molecule has 7 nitrogen and oxygen atoms in total. The second-order valence-corrected chi connectivity index (χ2v) is 8.95. The van der Waals surface area contributed by atoms with Gasteiger partial charge in [-0.2, -0.15) is 18.3 Å². The van der Waals surface area contributed by atoms with Gasteiger partial charge in [0.25, 0.3) is 5.91 Å². The molecule has 3 rings (SSSR count). The molecule has 1 saturated heterocycles. The molecule has 2 aromatic rings. The van der Waals surface area contributed by atoms with Crippen molar-refractivity contribution in [3.63, 3.8) is 0 Å². The maximum Gasteiger partial charge on any atom is 0.490 e. The Morgan fingerprint density at radius 2 is 1.59 bits per heavy atom. The van der Waals surface area contributed by atoms with Crippen LogP contribution in [0.1, 0.15) is 51.0 Å². The first-order valence-electron chi connectivity index (χ1n) is 9.80.